The molecule has 130 valence electrons. The van der Waals surface area contributed by atoms with Crippen molar-refractivity contribution in [3.05, 3.63) is 69.3 Å². The normalized spacial score (nSPS) is 11.5. The van der Waals surface area contributed by atoms with E-state index in [0.29, 0.717) is 5.56 Å². The third-order valence-electron chi connectivity index (χ3n) is 3.43. The summed E-state index contributed by atoms with van der Waals surface area (Å²) in [6, 6.07) is 10.8. The largest absolute Gasteiger partial charge is 0.449 e. The molecule has 2 aromatic rings. The van der Waals surface area contributed by atoms with Gasteiger partial charge < -0.3 is 10.1 Å². The van der Waals surface area contributed by atoms with Gasteiger partial charge in [-0.3, -0.25) is 14.9 Å². The van der Waals surface area contributed by atoms with E-state index in [1.54, 1.807) is 12.1 Å². The summed E-state index contributed by atoms with van der Waals surface area (Å²) in [6.07, 6.45) is -1.05. The Kier molecular flexibility index (Phi) is 5.49. The second-order valence-electron chi connectivity index (χ2n) is 5.72. The van der Waals surface area contributed by atoms with Crippen molar-refractivity contribution in [2.24, 2.45) is 0 Å². The number of carbonyl (C=O) groups excluding carboxylic acids is 2. The third-order valence-corrected chi connectivity index (χ3v) is 3.43. The molecular weight excluding hydrogens is 324 g/mol. The van der Waals surface area contributed by atoms with Crippen LogP contribution in [0.15, 0.2) is 42.5 Å². The number of esters is 1. The van der Waals surface area contributed by atoms with Gasteiger partial charge in [0, 0.05) is 17.8 Å². The van der Waals surface area contributed by atoms with E-state index in [0.717, 1.165) is 11.1 Å². The summed E-state index contributed by atoms with van der Waals surface area (Å²) in [7, 11) is 0. The first-order valence-electron chi connectivity index (χ1n) is 7.61. The minimum Gasteiger partial charge on any atom is -0.449 e. The summed E-state index contributed by atoms with van der Waals surface area (Å²) in [4.78, 5) is 34.5. The van der Waals surface area contributed by atoms with Crippen molar-refractivity contribution in [3.8, 4) is 0 Å². The quantitative estimate of drug-likeness (QED) is 0.510. The van der Waals surface area contributed by atoms with Crippen molar-refractivity contribution in [3.63, 3.8) is 0 Å². The molecule has 0 aromatic heterocycles. The van der Waals surface area contributed by atoms with Crippen molar-refractivity contribution in [2.45, 2.75) is 26.9 Å². The van der Waals surface area contributed by atoms with E-state index in [1.165, 1.54) is 31.2 Å². The zero-order valence-corrected chi connectivity index (χ0v) is 14.1. The number of rotatable bonds is 5. The van der Waals surface area contributed by atoms with Crippen molar-refractivity contribution in [1.82, 2.24) is 0 Å². The van der Waals surface area contributed by atoms with Gasteiger partial charge in [-0.2, -0.15) is 0 Å². The fourth-order valence-electron chi connectivity index (χ4n) is 2.32. The molecule has 0 unspecified atom stereocenters. The van der Waals surface area contributed by atoms with Crippen molar-refractivity contribution in [1.29, 1.82) is 0 Å². The first kappa shape index (κ1) is 18.1. The minimum atomic E-state index is -1.05. The molecule has 25 heavy (non-hydrogen) atoms. The van der Waals surface area contributed by atoms with Gasteiger partial charge in [0.15, 0.2) is 6.10 Å². The highest BCUT2D eigenvalue weighted by molar-refractivity contribution is 5.97. The highest BCUT2D eigenvalue weighted by Gasteiger charge is 2.20. The Labute approximate surface area is 144 Å². The number of anilines is 1. The first-order chi connectivity index (χ1) is 11.8. The molecule has 0 aliphatic rings. The Morgan fingerprint density at radius 3 is 2.36 bits per heavy atom. The number of nitrogens with zero attached hydrogens (tertiary/aromatic N) is 1. The molecule has 0 heterocycles. The Morgan fingerprint density at radius 1 is 1.12 bits per heavy atom. The van der Waals surface area contributed by atoms with Gasteiger partial charge in [-0.05, 0) is 39.0 Å². The number of nitrogens with one attached hydrogen (secondary N) is 1. The van der Waals surface area contributed by atoms with E-state index in [-0.39, 0.29) is 11.4 Å². The van der Waals surface area contributed by atoms with Gasteiger partial charge in [-0.15, -0.1) is 0 Å². The molecule has 0 bridgehead atoms. The third kappa shape index (κ3) is 4.87. The molecular formula is C18H18N2O5. The fourth-order valence-corrected chi connectivity index (χ4v) is 2.32. The average Bonchev–Trinajstić information content (AvgIpc) is 2.54. The molecule has 0 fully saturated rings. The Morgan fingerprint density at radius 2 is 1.76 bits per heavy atom. The lowest BCUT2D eigenvalue weighted by atomic mass is 10.1. The maximum absolute atomic E-state index is 12.2. The number of nitro benzene ring substituents is 1. The van der Waals surface area contributed by atoms with Crippen LogP contribution in [0.1, 0.15) is 28.4 Å². The molecule has 7 heteroatoms. The molecule has 2 aromatic carbocycles. The SMILES string of the molecule is Cc1cc(C)cc(C(=O)O[C@@H](C)C(=O)Nc2cccc([N+](=O)[O-])c2)c1. The van der Waals surface area contributed by atoms with Gasteiger partial charge in [0.05, 0.1) is 10.5 Å². The van der Waals surface area contributed by atoms with Crippen molar-refractivity contribution >= 4 is 23.3 Å². The predicted molar refractivity (Wildman–Crippen MR) is 92.5 cm³/mol. The Balaban J connectivity index is 2.03. The maximum Gasteiger partial charge on any atom is 0.338 e. The summed E-state index contributed by atoms with van der Waals surface area (Å²) in [5.41, 5.74) is 2.32. The smallest absolute Gasteiger partial charge is 0.338 e. The van der Waals surface area contributed by atoms with Gasteiger partial charge in [0.2, 0.25) is 0 Å². The topological polar surface area (TPSA) is 98.5 Å². The molecule has 1 amide bonds. The van der Waals surface area contributed by atoms with E-state index < -0.39 is 22.9 Å². The lowest BCUT2D eigenvalue weighted by Gasteiger charge is -2.14. The molecule has 0 saturated heterocycles. The second kappa shape index (κ2) is 7.57. The van der Waals surface area contributed by atoms with E-state index in [4.69, 9.17) is 4.74 Å². The number of aryl methyl sites for hydroxylation is 2. The van der Waals surface area contributed by atoms with E-state index >= 15 is 0 Å². The van der Waals surface area contributed by atoms with E-state index in [1.807, 2.05) is 19.9 Å². The van der Waals surface area contributed by atoms with Crippen molar-refractivity contribution in [2.75, 3.05) is 5.32 Å². The molecule has 0 spiro atoms. The van der Waals surface area contributed by atoms with Gasteiger partial charge in [0.1, 0.15) is 0 Å². The second-order valence-corrected chi connectivity index (χ2v) is 5.72. The van der Waals surface area contributed by atoms with Crippen molar-refractivity contribution < 1.29 is 19.2 Å². The summed E-state index contributed by atoms with van der Waals surface area (Å²) in [5, 5.41) is 13.2. The fraction of sp³-hybridized carbons (Fsp3) is 0.222. The molecule has 7 nitrogen and oxygen atoms in total. The summed E-state index contributed by atoms with van der Waals surface area (Å²) in [6.45, 7) is 5.16. The predicted octanol–water partition coefficient (Wildman–Crippen LogP) is 3.40. The highest BCUT2D eigenvalue weighted by Crippen LogP contribution is 2.18. The lowest BCUT2D eigenvalue weighted by molar-refractivity contribution is -0.384. The zero-order chi connectivity index (χ0) is 18.6. The number of amides is 1. The van der Waals surface area contributed by atoms with Crippen LogP contribution in [0.2, 0.25) is 0 Å². The number of hydrogen-bond acceptors (Lipinski definition) is 5. The average molecular weight is 342 g/mol. The van der Waals surface area contributed by atoms with Crippen LogP contribution in [0.5, 0.6) is 0 Å². The number of non-ortho nitro benzene ring substituents is 1. The lowest BCUT2D eigenvalue weighted by Crippen LogP contribution is -2.30. The number of ether oxygens (including phenoxy) is 1. The minimum absolute atomic E-state index is 0.141. The molecule has 1 N–H and O–H groups in total. The van der Waals surface area contributed by atoms with Crippen LogP contribution < -0.4 is 5.32 Å². The zero-order valence-electron chi connectivity index (χ0n) is 14.1. The van der Waals surface area contributed by atoms with E-state index in [2.05, 4.69) is 5.32 Å². The molecule has 1 atom stereocenters. The highest BCUT2D eigenvalue weighted by atomic mass is 16.6. The number of hydrogen-bond donors (Lipinski definition) is 1. The Hall–Kier alpha value is -3.22. The number of nitro groups is 1. The Bertz CT molecular complexity index is 812. The standard InChI is InChI=1S/C18H18N2O5/c1-11-7-12(2)9-14(8-11)18(22)25-13(3)17(21)19-15-5-4-6-16(10-15)20(23)24/h4-10,13H,1-3H3,(H,19,21)/t13-/m0/s1. The summed E-state index contributed by atoms with van der Waals surface area (Å²) >= 11 is 0. The van der Waals surface area contributed by atoms with E-state index in [9.17, 15) is 19.7 Å². The van der Waals surface area contributed by atoms with Crippen LogP contribution in [-0.2, 0) is 9.53 Å². The van der Waals surface area contributed by atoms with Gasteiger partial charge in [-0.25, -0.2) is 4.79 Å². The maximum atomic E-state index is 12.2. The molecule has 0 aliphatic carbocycles. The van der Waals surface area contributed by atoms with Gasteiger partial charge in [0.25, 0.3) is 11.6 Å². The van der Waals surface area contributed by atoms with Crippen LogP contribution in [0.3, 0.4) is 0 Å². The number of benzene rings is 2. The molecule has 0 radical (unpaired) electrons. The number of carbonyl (C=O) groups is 2. The summed E-state index contributed by atoms with van der Waals surface area (Å²) in [5.74, 6) is -1.17. The van der Waals surface area contributed by atoms with Crippen LogP contribution in [0, 0.1) is 24.0 Å². The summed E-state index contributed by atoms with van der Waals surface area (Å²) < 4.78 is 5.17. The van der Waals surface area contributed by atoms with Crippen LogP contribution >= 0.6 is 0 Å². The van der Waals surface area contributed by atoms with Crippen LogP contribution in [0.25, 0.3) is 0 Å². The van der Waals surface area contributed by atoms with Crippen LogP contribution in [-0.4, -0.2) is 22.9 Å². The molecule has 0 saturated carbocycles. The van der Waals surface area contributed by atoms with Crippen LogP contribution in [0.4, 0.5) is 11.4 Å². The monoisotopic (exact) mass is 342 g/mol. The first-order valence-corrected chi connectivity index (χ1v) is 7.61. The van der Waals surface area contributed by atoms with Gasteiger partial charge >= 0.3 is 5.97 Å². The molecule has 2 rings (SSSR count). The van der Waals surface area contributed by atoms with Gasteiger partial charge in [-0.1, -0.05) is 23.3 Å². The molecule has 0 aliphatic heterocycles.